The van der Waals surface area contributed by atoms with Gasteiger partial charge in [0.05, 0.1) is 11.3 Å². The maximum Gasteiger partial charge on any atom is 0.258 e. The third-order valence-electron chi connectivity index (χ3n) is 6.32. The highest BCUT2D eigenvalue weighted by Crippen LogP contribution is 2.47. The van der Waals surface area contributed by atoms with Gasteiger partial charge in [-0.3, -0.25) is 9.59 Å². The van der Waals surface area contributed by atoms with Gasteiger partial charge in [0, 0.05) is 11.6 Å². The third-order valence-corrected chi connectivity index (χ3v) is 6.32. The summed E-state index contributed by atoms with van der Waals surface area (Å²) in [5.74, 6) is -1.07. The van der Waals surface area contributed by atoms with Crippen molar-refractivity contribution in [3.05, 3.63) is 101 Å². The average Bonchev–Trinajstić information content (AvgIpc) is 3.63. The first-order valence-electron chi connectivity index (χ1n) is 11.7. The second kappa shape index (κ2) is 9.82. The monoisotopic (exact) mass is 471 g/mol. The smallest absolute Gasteiger partial charge is 0.258 e. The molecule has 0 saturated heterocycles. The van der Waals surface area contributed by atoms with E-state index in [1.54, 1.807) is 31.2 Å². The summed E-state index contributed by atoms with van der Waals surface area (Å²) in [5, 5.41) is 6.97. The summed E-state index contributed by atoms with van der Waals surface area (Å²) < 4.78 is 13.9. The van der Waals surface area contributed by atoms with E-state index >= 15 is 0 Å². The number of carbonyl (C=O) groups is 2. The Balaban J connectivity index is 1.36. The van der Waals surface area contributed by atoms with Crippen molar-refractivity contribution in [2.24, 2.45) is 11.0 Å². The molecule has 0 bridgehead atoms. The lowest BCUT2D eigenvalue weighted by Gasteiger charge is -2.19. The van der Waals surface area contributed by atoms with E-state index in [1.807, 2.05) is 6.07 Å². The Morgan fingerprint density at radius 2 is 1.69 bits per heavy atom. The molecule has 2 N–H and O–H groups in total. The highest BCUT2D eigenvalue weighted by molar-refractivity contribution is 6.06. The van der Waals surface area contributed by atoms with Gasteiger partial charge in [-0.1, -0.05) is 69.3 Å². The lowest BCUT2D eigenvalue weighted by atomic mass is 9.86. The van der Waals surface area contributed by atoms with Crippen LogP contribution in [0.1, 0.15) is 67.1 Å². The number of halogens is 1. The Hall–Kier alpha value is -3.80. The molecule has 3 aromatic carbocycles. The van der Waals surface area contributed by atoms with Gasteiger partial charge in [-0.05, 0) is 65.6 Å². The van der Waals surface area contributed by atoms with Crippen molar-refractivity contribution in [1.82, 2.24) is 5.43 Å². The van der Waals surface area contributed by atoms with Gasteiger partial charge < -0.3 is 5.32 Å². The lowest BCUT2D eigenvalue weighted by Crippen LogP contribution is -2.21. The van der Waals surface area contributed by atoms with Crippen molar-refractivity contribution in [3.63, 3.8) is 0 Å². The van der Waals surface area contributed by atoms with Crippen LogP contribution in [0, 0.1) is 11.7 Å². The van der Waals surface area contributed by atoms with E-state index < -0.39 is 11.7 Å². The Morgan fingerprint density at radius 3 is 2.37 bits per heavy atom. The number of carbonyl (C=O) groups excluding carboxylic acids is 2. The molecule has 5 nitrogen and oxygen atoms in total. The van der Waals surface area contributed by atoms with Gasteiger partial charge in [0.2, 0.25) is 5.91 Å². The number of nitrogens with zero attached hydrogens (tertiary/aromatic N) is 1. The van der Waals surface area contributed by atoms with Crippen molar-refractivity contribution in [2.45, 2.75) is 45.4 Å². The maximum atomic E-state index is 13.9. The topological polar surface area (TPSA) is 70.6 Å². The molecule has 0 aliphatic heterocycles. The molecule has 3 aromatic rings. The van der Waals surface area contributed by atoms with E-state index in [0.717, 1.165) is 12.0 Å². The van der Waals surface area contributed by atoms with Crippen LogP contribution in [0.4, 0.5) is 10.1 Å². The molecule has 1 aliphatic carbocycles. The second-order valence-electron chi connectivity index (χ2n) is 10.0. The highest BCUT2D eigenvalue weighted by Gasteiger charge is 2.44. The molecule has 0 radical (unpaired) electrons. The third kappa shape index (κ3) is 5.83. The van der Waals surface area contributed by atoms with Crippen molar-refractivity contribution in [1.29, 1.82) is 0 Å². The van der Waals surface area contributed by atoms with Crippen LogP contribution in [-0.4, -0.2) is 17.5 Å². The zero-order valence-electron chi connectivity index (χ0n) is 20.4. The van der Waals surface area contributed by atoms with Crippen LogP contribution in [0.3, 0.4) is 0 Å². The molecule has 0 spiro atoms. The molecule has 2 atom stereocenters. The summed E-state index contributed by atoms with van der Waals surface area (Å²) >= 11 is 0. The molecule has 180 valence electrons. The predicted octanol–water partition coefficient (Wildman–Crippen LogP) is 6.02. The van der Waals surface area contributed by atoms with E-state index in [-0.39, 0.29) is 28.7 Å². The van der Waals surface area contributed by atoms with Gasteiger partial charge in [-0.25, -0.2) is 9.82 Å². The largest absolute Gasteiger partial charge is 0.322 e. The number of benzene rings is 3. The Morgan fingerprint density at radius 1 is 0.971 bits per heavy atom. The Kier molecular flexibility index (Phi) is 6.83. The van der Waals surface area contributed by atoms with Gasteiger partial charge in [-0.2, -0.15) is 5.10 Å². The van der Waals surface area contributed by atoms with Crippen molar-refractivity contribution >= 4 is 23.2 Å². The van der Waals surface area contributed by atoms with Gasteiger partial charge in [0.1, 0.15) is 5.82 Å². The number of anilines is 1. The first-order valence-corrected chi connectivity index (χ1v) is 11.7. The number of hydrogen-bond donors (Lipinski definition) is 2. The molecule has 4 rings (SSSR count). The van der Waals surface area contributed by atoms with Crippen molar-refractivity contribution in [2.75, 3.05) is 5.32 Å². The fraction of sp³-hybridized carbons (Fsp3) is 0.276. The van der Waals surface area contributed by atoms with E-state index in [1.165, 1.54) is 29.3 Å². The standard InChI is InChI=1S/C29H30FN3O2/c1-18(20-8-7-9-22(16-20)31-27(34)23-10-5-6-11-26(23)30)32-33-28(35)25-17-24(25)19-12-14-21(15-13-19)29(2,3)4/h5-16,24-25H,17H2,1-4H3,(H,31,34)(H,33,35)/t24-,25-/m1/s1. The number of rotatable bonds is 6. The van der Waals surface area contributed by atoms with E-state index in [0.29, 0.717) is 11.4 Å². The molecule has 1 fully saturated rings. The van der Waals surface area contributed by atoms with E-state index in [4.69, 9.17) is 0 Å². The SMILES string of the molecule is CC(=NNC(=O)[C@@H]1C[C@@H]1c1ccc(C(C)(C)C)cc1)c1cccc(NC(=O)c2ccccc2F)c1. The lowest BCUT2D eigenvalue weighted by molar-refractivity contribution is -0.122. The quantitative estimate of drug-likeness (QED) is 0.341. The van der Waals surface area contributed by atoms with Crippen LogP contribution in [-0.2, 0) is 10.2 Å². The number of nitrogens with one attached hydrogen (secondary N) is 2. The van der Waals surface area contributed by atoms with Gasteiger partial charge in [0.25, 0.3) is 5.91 Å². The zero-order valence-corrected chi connectivity index (χ0v) is 20.4. The molecule has 0 heterocycles. The van der Waals surface area contributed by atoms with Crippen LogP contribution in [0.25, 0.3) is 0 Å². The van der Waals surface area contributed by atoms with E-state index in [2.05, 4.69) is 60.9 Å². The normalized spacial score (nSPS) is 17.6. The van der Waals surface area contributed by atoms with E-state index in [9.17, 15) is 14.0 Å². The molecule has 35 heavy (non-hydrogen) atoms. The summed E-state index contributed by atoms with van der Waals surface area (Å²) in [5.41, 5.74) is 7.06. The zero-order chi connectivity index (χ0) is 25.2. The molecular weight excluding hydrogens is 441 g/mol. The van der Waals surface area contributed by atoms with Gasteiger partial charge in [0.15, 0.2) is 0 Å². The highest BCUT2D eigenvalue weighted by atomic mass is 19.1. The number of amides is 2. The molecule has 0 unspecified atom stereocenters. The van der Waals surface area contributed by atoms with Crippen molar-refractivity contribution < 1.29 is 14.0 Å². The average molecular weight is 472 g/mol. The minimum Gasteiger partial charge on any atom is -0.322 e. The molecule has 1 aliphatic rings. The maximum absolute atomic E-state index is 13.9. The number of hydrogen-bond acceptors (Lipinski definition) is 3. The Labute approximate surface area is 205 Å². The second-order valence-corrected chi connectivity index (χ2v) is 10.0. The Bertz CT molecular complexity index is 1280. The molecule has 0 aromatic heterocycles. The minimum absolute atomic E-state index is 0.0254. The first kappa shape index (κ1) is 24.3. The first-order chi connectivity index (χ1) is 16.6. The van der Waals surface area contributed by atoms with Crippen LogP contribution in [0.2, 0.25) is 0 Å². The molecule has 6 heteroatoms. The molecule has 2 amide bonds. The summed E-state index contributed by atoms with van der Waals surface area (Å²) in [6.07, 6.45) is 0.812. The number of hydrazone groups is 1. The van der Waals surface area contributed by atoms with Gasteiger partial charge >= 0.3 is 0 Å². The van der Waals surface area contributed by atoms with Crippen molar-refractivity contribution in [3.8, 4) is 0 Å². The molecule has 1 saturated carbocycles. The van der Waals surface area contributed by atoms with Crippen LogP contribution < -0.4 is 10.7 Å². The minimum atomic E-state index is -0.579. The fourth-order valence-corrected chi connectivity index (χ4v) is 4.04. The summed E-state index contributed by atoms with van der Waals surface area (Å²) in [6, 6.07) is 21.4. The fourth-order valence-electron chi connectivity index (χ4n) is 4.04. The summed E-state index contributed by atoms with van der Waals surface area (Å²) in [4.78, 5) is 25.0. The van der Waals surface area contributed by atoms with Crippen LogP contribution in [0.15, 0.2) is 77.9 Å². The summed E-state index contributed by atoms with van der Waals surface area (Å²) in [7, 11) is 0. The van der Waals surface area contributed by atoms with Gasteiger partial charge in [-0.15, -0.1) is 0 Å². The van der Waals surface area contributed by atoms with Crippen LogP contribution >= 0.6 is 0 Å². The predicted molar refractivity (Wildman–Crippen MR) is 137 cm³/mol. The summed E-state index contributed by atoms with van der Waals surface area (Å²) in [6.45, 7) is 8.33. The molecular formula is C29H30FN3O2. The van der Waals surface area contributed by atoms with Crippen LogP contribution in [0.5, 0.6) is 0 Å².